The van der Waals surface area contributed by atoms with E-state index < -0.39 is 44.1 Å². The van der Waals surface area contributed by atoms with Gasteiger partial charge in [-0.15, -0.1) is 6.42 Å². The molecule has 1 unspecified atom stereocenters. The van der Waals surface area contributed by atoms with E-state index in [1.54, 1.807) is 30.3 Å². The number of imidazole rings is 1. The number of anilines is 1. The Hall–Kier alpha value is -4.38. The third kappa shape index (κ3) is 13.9. The van der Waals surface area contributed by atoms with Crippen molar-refractivity contribution in [3.63, 3.8) is 0 Å². The van der Waals surface area contributed by atoms with Crippen LogP contribution in [0.4, 0.5) is 10.2 Å². The van der Waals surface area contributed by atoms with Gasteiger partial charge in [-0.25, -0.2) is 9.55 Å². The monoisotopic (exact) mass is 808 g/mol. The zero-order valence-electron chi connectivity index (χ0n) is 33.4. The first-order chi connectivity index (χ1) is 27.5. The van der Waals surface area contributed by atoms with E-state index in [9.17, 15) is 18.9 Å². The number of aromatic nitrogens is 4. The first kappa shape index (κ1) is 45.3. The number of aliphatic hydroxyl groups excluding tert-OH is 1. The maximum Gasteiger partial charge on any atom is 0.459 e. The number of fused-ring (bicyclic) bond motifs is 1. The smallest absolute Gasteiger partial charge is 0.459 e. The molecule has 4 rings (SSSR count). The van der Waals surface area contributed by atoms with Gasteiger partial charge in [-0.2, -0.15) is 19.4 Å². The molecule has 0 saturated carbocycles. The Bertz CT molecular complexity index is 1880. The fraction of sp³-hybridized carbons (Fsp3) is 0.524. The van der Waals surface area contributed by atoms with E-state index in [4.69, 9.17) is 30.7 Å². The first-order valence-electron chi connectivity index (χ1n) is 19.9. The summed E-state index contributed by atoms with van der Waals surface area (Å²) in [4.78, 5) is 25.6. The topological polar surface area (TPSA) is 173 Å². The van der Waals surface area contributed by atoms with Gasteiger partial charge in [0.05, 0.1) is 12.9 Å². The van der Waals surface area contributed by atoms with Crippen molar-refractivity contribution in [1.29, 1.82) is 0 Å². The minimum atomic E-state index is -4.53. The number of halogens is 1. The summed E-state index contributed by atoms with van der Waals surface area (Å²) in [5, 5.41) is 14.4. The molecule has 57 heavy (non-hydrogen) atoms. The molecule has 0 aliphatic rings. The lowest BCUT2D eigenvalue weighted by molar-refractivity contribution is -0.152. The summed E-state index contributed by atoms with van der Waals surface area (Å²) in [6.07, 6.45) is 16.7. The summed E-state index contributed by atoms with van der Waals surface area (Å²) >= 11 is 0. The van der Waals surface area contributed by atoms with Crippen LogP contribution in [0.3, 0.4) is 0 Å². The summed E-state index contributed by atoms with van der Waals surface area (Å²) < 4.78 is 54.3. The van der Waals surface area contributed by atoms with E-state index in [0.717, 1.165) is 82.6 Å². The molecule has 13 nitrogen and oxygen atoms in total. The number of rotatable bonds is 27. The average Bonchev–Trinajstić information content (AvgIpc) is 3.60. The molecule has 4 N–H and O–H groups in total. The number of benzene rings is 2. The summed E-state index contributed by atoms with van der Waals surface area (Å²) in [6, 6.07) is 16.4. The van der Waals surface area contributed by atoms with E-state index in [-0.39, 0.29) is 41.8 Å². The molecule has 0 fully saturated rings. The number of terminal acetylenes is 1. The van der Waals surface area contributed by atoms with Crippen molar-refractivity contribution in [3.8, 4) is 18.1 Å². The second-order valence-corrected chi connectivity index (χ2v) is 15.9. The number of hydrogen-bond acceptors (Lipinski definition) is 11. The van der Waals surface area contributed by atoms with Crippen LogP contribution in [0, 0.1) is 18.4 Å². The number of methoxy groups -OCH3 is 1. The zero-order valence-corrected chi connectivity index (χ0v) is 34.2. The number of esters is 1. The van der Waals surface area contributed by atoms with Crippen LogP contribution in [-0.4, -0.2) is 68.2 Å². The van der Waals surface area contributed by atoms with E-state index in [2.05, 4.69) is 39.8 Å². The largest absolute Gasteiger partial charge is 0.461 e. The van der Waals surface area contributed by atoms with Gasteiger partial charge in [-0.05, 0) is 49.8 Å². The molecule has 4 atom stereocenters. The van der Waals surface area contributed by atoms with Crippen molar-refractivity contribution in [2.24, 2.45) is 0 Å². The number of hydrogen-bond donors (Lipinski definition) is 3. The molecule has 0 aliphatic heterocycles. The van der Waals surface area contributed by atoms with E-state index >= 15 is 0 Å². The number of nitrogens with zero attached hydrogens (tertiary/aromatic N) is 4. The van der Waals surface area contributed by atoms with Crippen molar-refractivity contribution < 1.29 is 37.4 Å². The molecular weight excluding hydrogens is 750 g/mol. The SMILES string of the molecule is C#C[C@](COP(=O)(N[C@@H](Cc1ccccc1)C(=O)OC(CCCCCCC)CCCCCCC)Oc1ccccc1)(OC)[C@@H](O)Cn1cnc2c(N)nc(F)nc21. The van der Waals surface area contributed by atoms with Crippen molar-refractivity contribution in [3.05, 3.63) is 78.6 Å². The highest BCUT2D eigenvalue weighted by molar-refractivity contribution is 7.52. The van der Waals surface area contributed by atoms with Gasteiger partial charge in [0.25, 0.3) is 0 Å². The lowest BCUT2D eigenvalue weighted by atomic mass is 9.98. The number of ether oxygens (including phenoxy) is 2. The van der Waals surface area contributed by atoms with E-state index in [0.29, 0.717) is 0 Å². The number of nitrogens with two attached hydrogens (primary N) is 1. The quantitative estimate of drug-likeness (QED) is 0.0175. The predicted molar refractivity (Wildman–Crippen MR) is 219 cm³/mol. The van der Waals surface area contributed by atoms with Gasteiger partial charge in [0, 0.05) is 7.11 Å². The molecular formula is C42H58FN6O7P. The number of nitrogens with one attached hydrogen (secondary N) is 1. The van der Waals surface area contributed by atoms with Crippen molar-refractivity contribution >= 4 is 30.7 Å². The van der Waals surface area contributed by atoms with Crippen LogP contribution in [0.5, 0.6) is 5.75 Å². The minimum Gasteiger partial charge on any atom is -0.461 e. The molecule has 0 spiro atoms. The minimum absolute atomic E-state index is 0.0178. The number of aliphatic hydroxyl groups is 1. The van der Waals surface area contributed by atoms with Gasteiger partial charge in [-0.3, -0.25) is 9.32 Å². The maximum absolute atomic E-state index is 14.9. The predicted octanol–water partition coefficient (Wildman–Crippen LogP) is 7.96. The lowest BCUT2D eigenvalue weighted by Crippen LogP contribution is -2.49. The van der Waals surface area contributed by atoms with Crippen LogP contribution in [0.1, 0.15) is 96.5 Å². The van der Waals surface area contributed by atoms with Crippen LogP contribution < -0.4 is 15.3 Å². The Morgan fingerprint density at radius 3 is 2.19 bits per heavy atom. The first-order valence-corrected chi connectivity index (χ1v) is 21.5. The number of para-hydroxylation sites is 1. The highest BCUT2D eigenvalue weighted by atomic mass is 31.2. The lowest BCUT2D eigenvalue weighted by Gasteiger charge is -2.33. The standard InChI is InChI=1S/C42H58FN6O7P/c1-5-8-10-12-18-24-33(25-19-13-11-9-6-2)55-40(51)35(28-32-22-16-14-17-23-32)48-57(52,56-34-26-20-15-21-27-34)54-30-42(7-3,53-4)36(50)29-49-31-45-37-38(44)46-41(43)47-39(37)49/h3,14-17,20-23,26-27,31,33,35-36,50H,5-6,8-13,18-19,24-25,28-30H2,1-2,4H3,(H,48,52)(H2,44,46,47)/t35-,36-,42+,57?/m0/s1. The van der Waals surface area contributed by atoms with Gasteiger partial charge in [0.1, 0.15) is 36.1 Å². The fourth-order valence-electron chi connectivity index (χ4n) is 6.47. The Kier molecular flexibility index (Phi) is 18.4. The fourth-order valence-corrected chi connectivity index (χ4v) is 7.99. The molecule has 2 aromatic carbocycles. The number of unbranched alkanes of at least 4 members (excludes halogenated alkanes) is 8. The molecule has 2 aromatic heterocycles. The Balaban J connectivity index is 1.60. The van der Waals surface area contributed by atoms with Crippen molar-refractivity contribution in [1.82, 2.24) is 24.6 Å². The molecule has 0 radical (unpaired) electrons. The second-order valence-electron chi connectivity index (χ2n) is 14.2. The van der Waals surface area contributed by atoms with Crippen LogP contribution in [0.25, 0.3) is 11.2 Å². The van der Waals surface area contributed by atoms with Gasteiger partial charge in [0.15, 0.2) is 17.1 Å². The number of nitrogen functional groups attached to an aromatic ring is 1. The summed E-state index contributed by atoms with van der Waals surface area (Å²) in [5.74, 6) is 1.85. The van der Waals surface area contributed by atoms with Gasteiger partial charge < -0.3 is 29.4 Å². The molecule has 0 bridgehead atoms. The van der Waals surface area contributed by atoms with Gasteiger partial charge in [-0.1, -0.05) is 120 Å². The van der Waals surface area contributed by atoms with E-state index in [1.165, 1.54) is 18.0 Å². The Morgan fingerprint density at radius 1 is 0.982 bits per heavy atom. The Morgan fingerprint density at radius 2 is 1.60 bits per heavy atom. The normalized spacial score (nSPS) is 14.8. The van der Waals surface area contributed by atoms with Crippen LogP contribution in [-0.2, 0) is 36.3 Å². The van der Waals surface area contributed by atoms with Crippen LogP contribution in [0.15, 0.2) is 67.0 Å². The molecule has 0 saturated heterocycles. The Labute approximate surface area is 335 Å². The van der Waals surface area contributed by atoms with Crippen LogP contribution >= 0.6 is 7.75 Å². The summed E-state index contributed by atoms with van der Waals surface area (Å²) in [7, 11) is -3.27. The number of carbonyl (C=O) groups is 1. The summed E-state index contributed by atoms with van der Waals surface area (Å²) in [5.41, 5.74) is 4.82. The molecule has 0 aliphatic carbocycles. The number of carbonyl (C=O) groups excluding carboxylic acids is 1. The molecule has 310 valence electrons. The second kappa shape index (κ2) is 23.1. The van der Waals surface area contributed by atoms with Crippen molar-refractivity contribution in [2.75, 3.05) is 19.5 Å². The van der Waals surface area contributed by atoms with Crippen LogP contribution in [0.2, 0.25) is 0 Å². The third-order valence-electron chi connectivity index (χ3n) is 9.82. The van der Waals surface area contributed by atoms with Gasteiger partial charge in [0.2, 0.25) is 0 Å². The third-order valence-corrected chi connectivity index (χ3v) is 11.4. The maximum atomic E-state index is 14.9. The van der Waals surface area contributed by atoms with Gasteiger partial charge >= 0.3 is 19.8 Å². The summed E-state index contributed by atoms with van der Waals surface area (Å²) in [6.45, 7) is 3.38. The molecule has 2 heterocycles. The van der Waals surface area contributed by atoms with E-state index in [1.807, 2.05) is 30.3 Å². The molecule has 15 heteroatoms. The average molecular weight is 809 g/mol. The highest BCUT2D eigenvalue weighted by Crippen LogP contribution is 2.46. The molecule has 0 amide bonds. The zero-order chi connectivity index (χ0) is 41.1. The highest BCUT2D eigenvalue weighted by Gasteiger charge is 2.43. The molecule has 4 aromatic rings. The van der Waals surface area contributed by atoms with Crippen molar-refractivity contribution in [2.45, 2.75) is 128 Å².